The van der Waals surface area contributed by atoms with E-state index < -0.39 is 0 Å². The first kappa shape index (κ1) is 16.7. The summed E-state index contributed by atoms with van der Waals surface area (Å²) in [5.41, 5.74) is 3.68. The molecule has 3 heterocycles. The standard InChI is InChI=1S/C20H20FN3O2/c1-11(2)18-17-8-14(10-22-19(17)26-23-18)20(25)24-7-6-13-4-5-15(21)9-16(13)12(24)3/h4-5,8-12H,6-7H2,1-3H3. The zero-order valence-electron chi connectivity index (χ0n) is 15.0. The van der Waals surface area contributed by atoms with Gasteiger partial charge in [0.15, 0.2) is 0 Å². The van der Waals surface area contributed by atoms with Gasteiger partial charge in [-0.05, 0) is 48.6 Å². The Morgan fingerprint density at radius 3 is 2.92 bits per heavy atom. The average molecular weight is 353 g/mol. The fraction of sp³-hybridized carbons (Fsp3) is 0.350. The molecular weight excluding hydrogens is 333 g/mol. The number of fused-ring (bicyclic) bond motifs is 2. The molecule has 1 aliphatic rings. The number of rotatable bonds is 2. The number of aromatic nitrogens is 2. The summed E-state index contributed by atoms with van der Waals surface area (Å²) in [6, 6.07) is 6.41. The van der Waals surface area contributed by atoms with Gasteiger partial charge in [-0.2, -0.15) is 0 Å². The zero-order chi connectivity index (χ0) is 18.4. The van der Waals surface area contributed by atoms with Crippen LogP contribution in [0.2, 0.25) is 0 Å². The molecule has 2 aromatic heterocycles. The summed E-state index contributed by atoms with van der Waals surface area (Å²) in [6.45, 7) is 6.56. The molecule has 6 heteroatoms. The molecule has 0 saturated carbocycles. The highest BCUT2D eigenvalue weighted by atomic mass is 19.1. The maximum absolute atomic E-state index is 13.6. The van der Waals surface area contributed by atoms with Gasteiger partial charge >= 0.3 is 0 Å². The largest absolute Gasteiger partial charge is 0.336 e. The SMILES string of the molecule is CC(C)c1noc2ncc(C(=O)N3CCc4ccc(F)cc4C3C)cc12. The Morgan fingerprint density at radius 2 is 2.15 bits per heavy atom. The third-order valence-electron chi connectivity index (χ3n) is 5.06. The molecule has 4 rings (SSSR count). The van der Waals surface area contributed by atoms with Crippen LogP contribution in [0, 0.1) is 5.82 Å². The summed E-state index contributed by atoms with van der Waals surface area (Å²) >= 11 is 0. The third kappa shape index (κ3) is 2.66. The van der Waals surface area contributed by atoms with E-state index in [-0.39, 0.29) is 23.7 Å². The number of pyridine rings is 1. The number of carbonyl (C=O) groups is 1. The minimum Gasteiger partial charge on any atom is -0.336 e. The van der Waals surface area contributed by atoms with Crippen molar-refractivity contribution in [2.75, 3.05) is 6.54 Å². The number of carbonyl (C=O) groups excluding carboxylic acids is 1. The molecule has 1 unspecified atom stereocenters. The van der Waals surface area contributed by atoms with E-state index in [1.807, 2.05) is 26.8 Å². The Morgan fingerprint density at radius 1 is 1.35 bits per heavy atom. The molecule has 3 aromatic rings. The van der Waals surface area contributed by atoms with E-state index in [1.165, 1.54) is 18.3 Å². The van der Waals surface area contributed by atoms with Crippen LogP contribution in [0.1, 0.15) is 59.9 Å². The first-order chi connectivity index (χ1) is 12.5. The molecule has 26 heavy (non-hydrogen) atoms. The summed E-state index contributed by atoms with van der Waals surface area (Å²) in [6.07, 6.45) is 2.24. The quantitative estimate of drug-likeness (QED) is 0.691. The summed E-state index contributed by atoms with van der Waals surface area (Å²) in [5.74, 6) is -0.219. The summed E-state index contributed by atoms with van der Waals surface area (Å²) < 4.78 is 18.9. The van der Waals surface area contributed by atoms with E-state index in [0.717, 1.165) is 22.2 Å². The molecule has 0 aliphatic carbocycles. The smallest absolute Gasteiger partial charge is 0.257 e. The lowest BCUT2D eigenvalue weighted by Crippen LogP contribution is -2.39. The van der Waals surface area contributed by atoms with Crippen LogP contribution in [0.5, 0.6) is 0 Å². The molecule has 0 bridgehead atoms. The molecule has 0 spiro atoms. The van der Waals surface area contributed by atoms with Gasteiger partial charge < -0.3 is 9.42 Å². The molecule has 134 valence electrons. The minimum absolute atomic E-state index is 0.113. The van der Waals surface area contributed by atoms with Crippen LogP contribution in [-0.4, -0.2) is 27.5 Å². The van der Waals surface area contributed by atoms with Crippen LogP contribution < -0.4 is 0 Å². The highest BCUT2D eigenvalue weighted by Gasteiger charge is 2.29. The van der Waals surface area contributed by atoms with Crippen molar-refractivity contribution in [3.05, 3.63) is 58.7 Å². The van der Waals surface area contributed by atoms with Gasteiger partial charge in [0.2, 0.25) is 0 Å². The van der Waals surface area contributed by atoms with Gasteiger partial charge in [0.25, 0.3) is 11.6 Å². The molecule has 1 aromatic carbocycles. The minimum atomic E-state index is -0.279. The van der Waals surface area contributed by atoms with Crippen LogP contribution in [0.3, 0.4) is 0 Å². The molecule has 1 aliphatic heterocycles. The van der Waals surface area contributed by atoms with Gasteiger partial charge in [0.05, 0.1) is 22.7 Å². The van der Waals surface area contributed by atoms with E-state index in [2.05, 4.69) is 10.1 Å². The van der Waals surface area contributed by atoms with Crippen molar-refractivity contribution in [3.63, 3.8) is 0 Å². The Bertz CT molecular complexity index is 996. The van der Waals surface area contributed by atoms with Crippen molar-refractivity contribution >= 4 is 17.0 Å². The summed E-state index contributed by atoms with van der Waals surface area (Å²) in [4.78, 5) is 19.1. The number of hydrogen-bond acceptors (Lipinski definition) is 4. The first-order valence-corrected chi connectivity index (χ1v) is 8.80. The summed E-state index contributed by atoms with van der Waals surface area (Å²) in [7, 11) is 0. The molecule has 5 nitrogen and oxygen atoms in total. The molecular formula is C20H20FN3O2. The van der Waals surface area contributed by atoms with Gasteiger partial charge in [-0.1, -0.05) is 25.1 Å². The second kappa shape index (κ2) is 6.20. The second-order valence-corrected chi connectivity index (χ2v) is 7.07. The van der Waals surface area contributed by atoms with Gasteiger partial charge in [-0.3, -0.25) is 4.79 Å². The predicted octanol–water partition coefficient (Wildman–Crippen LogP) is 4.24. The van der Waals surface area contributed by atoms with Gasteiger partial charge in [-0.15, -0.1) is 0 Å². The lowest BCUT2D eigenvalue weighted by atomic mass is 9.93. The van der Waals surface area contributed by atoms with Gasteiger partial charge in [0, 0.05) is 12.7 Å². The molecule has 0 fully saturated rings. The topological polar surface area (TPSA) is 59.2 Å². The van der Waals surface area contributed by atoms with Crippen LogP contribution in [0.25, 0.3) is 11.1 Å². The Kier molecular flexibility index (Phi) is 3.98. The van der Waals surface area contributed by atoms with Gasteiger partial charge in [-0.25, -0.2) is 9.37 Å². The number of hydrogen-bond donors (Lipinski definition) is 0. The fourth-order valence-electron chi connectivity index (χ4n) is 3.61. The highest BCUT2D eigenvalue weighted by Crippen LogP contribution is 2.32. The second-order valence-electron chi connectivity index (χ2n) is 7.07. The molecule has 0 radical (unpaired) electrons. The summed E-state index contributed by atoms with van der Waals surface area (Å²) in [5, 5.41) is 4.82. The maximum atomic E-state index is 13.6. The maximum Gasteiger partial charge on any atom is 0.257 e. The van der Waals surface area contributed by atoms with Crippen molar-refractivity contribution in [1.29, 1.82) is 0 Å². The van der Waals surface area contributed by atoms with E-state index in [1.54, 1.807) is 11.0 Å². The van der Waals surface area contributed by atoms with Gasteiger partial charge in [0.1, 0.15) is 5.82 Å². The molecule has 0 saturated heterocycles. The van der Waals surface area contributed by atoms with E-state index >= 15 is 0 Å². The van der Waals surface area contributed by atoms with Crippen LogP contribution in [-0.2, 0) is 6.42 Å². The Hall–Kier alpha value is -2.76. The van der Waals surface area contributed by atoms with Crippen molar-refractivity contribution < 1.29 is 13.7 Å². The zero-order valence-corrected chi connectivity index (χ0v) is 15.0. The van der Waals surface area contributed by atoms with E-state index in [9.17, 15) is 9.18 Å². The number of amides is 1. The average Bonchev–Trinajstić information content (AvgIpc) is 3.05. The van der Waals surface area contributed by atoms with Crippen LogP contribution in [0.4, 0.5) is 4.39 Å². The van der Waals surface area contributed by atoms with E-state index in [0.29, 0.717) is 24.2 Å². The normalized spacial score (nSPS) is 17.0. The third-order valence-corrected chi connectivity index (χ3v) is 5.06. The van der Waals surface area contributed by atoms with Crippen LogP contribution >= 0.6 is 0 Å². The highest BCUT2D eigenvalue weighted by molar-refractivity contribution is 5.97. The molecule has 1 amide bonds. The predicted molar refractivity (Wildman–Crippen MR) is 95.4 cm³/mol. The van der Waals surface area contributed by atoms with E-state index in [4.69, 9.17) is 4.52 Å². The molecule has 1 atom stereocenters. The number of nitrogens with zero attached hydrogens (tertiary/aromatic N) is 3. The van der Waals surface area contributed by atoms with Crippen molar-refractivity contribution in [2.45, 2.75) is 39.2 Å². The first-order valence-electron chi connectivity index (χ1n) is 8.80. The van der Waals surface area contributed by atoms with Crippen molar-refractivity contribution in [3.8, 4) is 0 Å². The van der Waals surface area contributed by atoms with Crippen molar-refractivity contribution in [2.24, 2.45) is 0 Å². The number of halogens is 1. The van der Waals surface area contributed by atoms with Crippen LogP contribution in [0.15, 0.2) is 35.0 Å². The fourth-order valence-corrected chi connectivity index (χ4v) is 3.61. The number of benzene rings is 1. The lowest BCUT2D eigenvalue weighted by Gasteiger charge is -2.35. The molecule has 0 N–H and O–H groups in total. The monoisotopic (exact) mass is 353 g/mol. The lowest BCUT2D eigenvalue weighted by molar-refractivity contribution is 0.0677. The van der Waals surface area contributed by atoms with Crippen molar-refractivity contribution in [1.82, 2.24) is 15.0 Å². The Balaban J connectivity index is 1.69. The Labute approximate surface area is 150 Å².